The first-order chi connectivity index (χ1) is 22.0. The van der Waals surface area contributed by atoms with Crippen LogP contribution in [-0.4, -0.2) is 93.4 Å². The van der Waals surface area contributed by atoms with Crippen LogP contribution in [0.4, 0.5) is 10.1 Å². The zero-order chi connectivity index (χ0) is 30.8. The van der Waals surface area contributed by atoms with E-state index in [-0.39, 0.29) is 5.82 Å². The summed E-state index contributed by atoms with van der Waals surface area (Å²) in [6, 6.07) is 14.8. The van der Waals surface area contributed by atoms with Crippen molar-refractivity contribution in [2.75, 3.05) is 58.7 Å². The number of fused-ring (bicyclic) bond motifs is 2. The van der Waals surface area contributed by atoms with Crippen molar-refractivity contribution >= 4 is 27.8 Å². The highest BCUT2D eigenvalue weighted by molar-refractivity contribution is 5.99. The van der Waals surface area contributed by atoms with Gasteiger partial charge in [0, 0.05) is 48.7 Å². The number of nitrogens with zero attached hydrogens (tertiary/aromatic N) is 6. The van der Waals surface area contributed by atoms with E-state index in [1.807, 2.05) is 50.5 Å². The minimum Gasteiger partial charge on any atom is -0.491 e. The first-order valence-corrected chi connectivity index (χ1v) is 15.3. The maximum atomic E-state index is 14.7. The summed E-state index contributed by atoms with van der Waals surface area (Å²) < 4.78 is 20.7. The summed E-state index contributed by atoms with van der Waals surface area (Å²) in [6.45, 7) is 5.39. The number of ether oxygens (including phenoxy) is 1. The molecule has 1 fully saturated rings. The van der Waals surface area contributed by atoms with Crippen molar-refractivity contribution < 1.29 is 9.13 Å². The van der Waals surface area contributed by atoms with E-state index in [1.165, 1.54) is 18.9 Å². The average Bonchev–Trinajstić information content (AvgIpc) is 3.80. The van der Waals surface area contributed by atoms with E-state index >= 15 is 0 Å². The zero-order valence-electron chi connectivity index (χ0n) is 25.5. The van der Waals surface area contributed by atoms with E-state index in [1.54, 1.807) is 24.7 Å². The normalized spacial score (nSPS) is 13.8. The Hall–Kier alpha value is -4.87. The fourth-order valence-corrected chi connectivity index (χ4v) is 5.86. The molecule has 0 bridgehead atoms. The molecule has 5 aromatic heterocycles. The van der Waals surface area contributed by atoms with Gasteiger partial charge in [-0.15, -0.1) is 0 Å². The molecular formula is C34H36FN9O. The molecular weight excluding hydrogens is 569 g/mol. The first kappa shape index (κ1) is 28.9. The van der Waals surface area contributed by atoms with Crippen molar-refractivity contribution in [3.8, 4) is 39.5 Å². The van der Waals surface area contributed by atoms with E-state index in [9.17, 15) is 4.39 Å². The average molecular weight is 606 g/mol. The molecule has 1 saturated heterocycles. The van der Waals surface area contributed by atoms with Crippen molar-refractivity contribution in [1.82, 2.24) is 39.9 Å². The van der Waals surface area contributed by atoms with Gasteiger partial charge < -0.3 is 19.9 Å². The third-order valence-electron chi connectivity index (χ3n) is 8.18. The largest absolute Gasteiger partial charge is 0.491 e. The van der Waals surface area contributed by atoms with Crippen LogP contribution in [0.5, 0.6) is 5.75 Å². The van der Waals surface area contributed by atoms with E-state index in [0.717, 1.165) is 82.1 Å². The molecule has 10 nitrogen and oxygen atoms in total. The molecule has 7 rings (SSSR count). The van der Waals surface area contributed by atoms with Gasteiger partial charge in [0.25, 0.3) is 0 Å². The number of hydrogen-bond donors (Lipinski definition) is 3. The number of likely N-dealkylation sites (N-methyl/N-ethyl adjacent to an activating group) is 1. The Bertz CT molecular complexity index is 1940. The first-order valence-electron chi connectivity index (χ1n) is 15.3. The van der Waals surface area contributed by atoms with E-state index in [2.05, 4.69) is 40.3 Å². The van der Waals surface area contributed by atoms with Gasteiger partial charge in [-0.1, -0.05) is 0 Å². The molecule has 0 aliphatic carbocycles. The molecule has 0 spiro atoms. The van der Waals surface area contributed by atoms with Gasteiger partial charge in [-0.2, -0.15) is 5.10 Å². The monoisotopic (exact) mass is 605 g/mol. The zero-order valence-corrected chi connectivity index (χ0v) is 25.5. The molecule has 0 atom stereocenters. The van der Waals surface area contributed by atoms with Crippen molar-refractivity contribution in [1.29, 1.82) is 0 Å². The molecule has 1 aliphatic rings. The summed E-state index contributed by atoms with van der Waals surface area (Å²) in [6.07, 6.45) is 7.80. The number of aromatic amines is 2. The van der Waals surface area contributed by atoms with Crippen LogP contribution >= 0.6 is 0 Å². The minimum atomic E-state index is -0.300. The highest BCUT2D eigenvalue weighted by atomic mass is 19.1. The van der Waals surface area contributed by atoms with Gasteiger partial charge in [0.15, 0.2) is 0 Å². The molecule has 3 N–H and O–H groups in total. The van der Waals surface area contributed by atoms with Gasteiger partial charge in [0.1, 0.15) is 35.0 Å². The SMILES string of the molecule is CN(C)CCNc1cc(F)cc(-c2ccnc3[nH]c(-c4n[nH]c5ccc(-c6cncc(OCCN7CCCC7)c6)nc45)cc23)c1. The molecule has 230 valence electrons. The lowest BCUT2D eigenvalue weighted by Crippen LogP contribution is -2.25. The Morgan fingerprint density at radius 1 is 1.02 bits per heavy atom. The second-order valence-corrected chi connectivity index (χ2v) is 11.7. The highest BCUT2D eigenvalue weighted by Crippen LogP contribution is 2.35. The number of benzene rings is 1. The van der Waals surface area contributed by atoms with E-state index in [4.69, 9.17) is 9.72 Å². The Labute approximate surface area is 260 Å². The summed E-state index contributed by atoms with van der Waals surface area (Å²) >= 11 is 0. The Balaban J connectivity index is 1.17. The van der Waals surface area contributed by atoms with Crippen LogP contribution in [-0.2, 0) is 0 Å². The van der Waals surface area contributed by atoms with Gasteiger partial charge in [-0.05, 0) is 99.7 Å². The second kappa shape index (κ2) is 12.6. The standard InChI is InChI=1S/C34H36FN9O/c1-43(2)12-9-37-25-16-22(15-24(35)18-25)27-7-8-38-34-28(27)19-31(40-34)33-32-30(41-42-33)6-5-29(39-32)23-17-26(21-36-20-23)45-14-13-44-10-3-4-11-44/h5-8,15-21,37H,3-4,9-14H2,1-2H3,(H,38,40)(H,41,42). The van der Waals surface area contributed by atoms with Crippen LogP contribution in [0, 0.1) is 5.82 Å². The molecule has 0 unspecified atom stereocenters. The number of anilines is 1. The van der Waals surface area contributed by atoms with Crippen molar-refractivity contribution in [3.63, 3.8) is 0 Å². The smallest absolute Gasteiger partial charge is 0.138 e. The lowest BCUT2D eigenvalue weighted by atomic mass is 10.0. The summed E-state index contributed by atoms with van der Waals surface area (Å²) in [7, 11) is 4.02. The summed E-state index contributed by atoms with van der Waals surface area (Å²) in [5, 5.41) is 11.9. The van der Waals surface area contributed by atoms with Crippen LogP contribution in [0.1, 0.15) is 12.8 Å². The number of H-pyrrole nitrogens is 2. The van der Waals surface area contributed by atoms with Gasteiger partial charge in [-0.3, -0.25) is 15.0 Å². The van der Waals surface area contributed by atoms with Gasteiger partial charge in [0.2, 0.25) is 0 Å². The molecule has 45 heavy (non-hydrogen) atoms. The number of aromatic nitrogens is 6. The maximum absolute atomic E-state index is 14.7. The number of hydrogen-bond acceptors (Lipinski definition) is 8. The third-order valence-corrected chi connectivity index (χ3v) is 8.18. The summed E-state index contributed by atoms with van der Waals surface area (Å²) in [5.41, 5.74) is 7.66. The maximum Gasteiger partial charge on any atom is 0.138 e. The van der Waals surface area contributed by atoms with Crippen LogP contribution in [0.15, 0.2) is 67.1 Å². The quantitative estimate of drug-likeness (QED) is 0.170. The Morgan fingerprint density at radius 3 is 2.78 bits per heavy atom. The van der Waals surface area contributed by atoms with Crippen LogP contribution in [0.25, 0.3) is 55.8 Å². The lowest BCUT2D eigenvalue weighted by molar-refractivity contribution is 0.237. The fraction of sp³-hybridized carbons (Fsp3) is 0.294. The molecule has 6 aromatic rings. The summed E-state index contributed by atoms with van der Waals surface area (Å²) in [4.78, 5) is 21.9. The molecule has 6 heterocycles. The van der Waals surface area contributed by atoms with Gasteiger partial charge in [-0.25, -0.2) is 14.4 Å². The van der Waals surface area contributed by atoms with E-state index in [0.29, 0.717) is 24.5 Å². The fourth-order valence-electron chi connectivity index (χ4n) is 5.86. The number of halogens is 1. The van der Waals surface area contributed by atoms with Crippen LogP contribution in [0.2, 0.25) is 0 Å². The highest BCUT2D eigenvalue weighted by Gasteiger charge is 2.17. The second-order valence-electron chi connectivity index (χ2n) is 11.7. The molecule has 11 heteroatoms. The Kier molecular flexibility index (Phi) is 8.10. The van der Waals surface area contributed by atoms with Crippen LogP contribution in [0.3, 0.4) is 0 Å². The predicted molar refractivity (Wildman–Crippen MR) is 176 cm³/mol. The third kappa shape index (κ3) is 6.36. The Morgan fingerprint density at radius 2 is 1.91 bits per heavy atom. The number of likely N-dealkylation sites (tertiary alicyclic amines) is 1. The number of nitrogens with one attached hydrogen (secondary N) is 3. The number of pyridine rings is 3. The van der Waals surface area contributed by atoms with Crippen molar-refractivity contribution in [2.24, 2.45) is 0 Å². The number of rotatable bonds is 11. The van der Waals surface area contributed by atoms with Gasteiger partial charge in [0.05, 0.1) is 23.1 Å². The molecule has 1 aromatic carbocycles. The van der Waals surface area contributed by atoms with Crippen molar-refractivity contribution in [2.45, 2.75) is 12.8 Å². The molecule has 0 radical (unpaired) electrons. The van der Waals surface area contributed by atoms with Crippen LogP contribution < -0.4 is 10.1 Å². The predicted octanol–water partition coefficient (Wildman–Crippen LogP) is 5.82. The molecule has 0 saturated carbocycles. The van der Waals surface area contributed by atoms with Crippen molar-refractivity contribution in [3.05, 3.63) is 72.9 Å². The molecule has 0 amide bonds. The minimum absolute atomic E-state index is 0.300. The molecule has 1 aliphatic heterocycles. The van der Waals surface area contributed by atoms with E-state index < -0.39 is 0 Å². The topological polar surface area (TPSA) is 111 Å². The van der Waals surface area contributed by atoms with Gasteiger partial charge >= 0.3 is 0 Å². The lowest BCUT2D eigenvalue weighted by Gasteiger charge is -2.15. The summed E-state index contributed by atoms with van der Waals surface area (Å²) in [5.74, 6) is 0.426.